The van der Waals surface area contributed by atoms with Crippen LogP contribution in [0, 0.1) is 0 Å². The van der Waals surface area contributed by atoms with Crippen molar-refractivity contribution in [2.24, 2.45) is 0 Å². The van der Waals surface area contributed by atoms with E-state index in [0.29, 0.717) is 35.5 Å². The van der Waals surface area contributed by atoms with Crippen LogP contribution in [-0.2, 0) is 6.54 Å². The molecule has 0 radical (unpaired) electrons. The predicted molar refractivity (Wildman–Crippen MR) is 90.7 cm³/mol. The summed E-state index contributed by atoms with van der Waals surface area (Å²) in [4.78, 5) is 0. The van der Waals surface area contributed by atoms with Gasteiger partial charge in [-0.3, -0.25) is 0 Å². The molecule has 0 saturated carbocycles. The maximum absolute atomic E-state index is 10.1. The van der Waals surface area contributed by atoms with E-state index in [-0.39, 0.29) is 0 Å². The van der Waals surface area contributed by atoms with Gasteiger partial charge in [-0.25, -0.2) is 0 Å². The minimum atomic E-state index is -0.546. The second-order valence-electron chi connectivity index (χ2n) is 4.88. The number of rotatable bonds is 7. The van der Waals surface area contributed by atoms with Gasteiger partial charge >= 0.3 is 0 Å². The number of aliphatic hydroxyl groups excluding tert-OH is 1. The van der Waals surface area contributed by atoms with Crippen LogP contribution in [0.2, 0.25) is 10.0 Å². The lowest BCUT2D eigenvalue weighted by atomic mass is 10.1. The number of hydrogen-bond donors (Lipinski definition) is 2. The van der Waals surface area contributed by atoms with E-state index < -0.39 is 6.10 Å². The fourth-order valence-electron chi connectivity index (χ4n) is 2.14. The first-order valence-corrected chi connectivity index (χ1v) is 7.91. The van der Waals surface area contributed by atoms with Crippen LogP contribution in [0.5, 0.6) is 5.75 Å². The van der Waals surface area contributed by atoms with Crippen molar-refractivity contribution < 1.29 is 9.84 Å². The molecule has 0 spiro atoms. The zero-order valence-electron chi connectivity index (χ0n) is 12.4. The molecule has 0 bridgehead atoms. The van der Waals surface area contributed by atoms with E-state index in [9.17, 15) is 5.11 Å². The van der Waals surface area contributed by atoms with E-state index in [1.807, 2.05) is 49.4 Å². The predicted octanol–water partition coefficient (Wildman–Crippen LogP) is 4.22. The molecule has 5 heteroatoms. The van der Waals surface area contributed by atoms with Crippen molar-refractivity contribution in [3.05, 3.63) is 63.6 Å². The summed E-state index contributed by atoms with van der Waals surface area (Å²) in [7, 11) is 0. The molecular formula is C17H19Cl2NO2. The Kier molecular flexibility index (Phi) is 6.52. The number of halogens is 2. The Morgan fingerprint density at radius 1 is 1.14 bits per heavy atom. The molecular weight excluding hydrogens is 321 g/mol. The highest BCUT2D eigenvalue weighted by Gasteiger charge is 2.10. The SMILES string of the molecule is CCOc1c(Cl)cc(CNCC(O)c2ccccc2)cc1Cl. The molecule has 0 aliphatic rings. The van der Waals surface area contributed by atoms with E-state index in [4.69, 9.17) is 27.9 Å². The summed E-state index contributed by atoms with van der Waals surface area (Å²) < 4.78 is 5.40. The van der Waals surface area contributed by atoms with Crippen LogP contribution < -0.4 is 10.1 Å². The minimum Gasteiger partial charge on any atom is -0.491 e. The summed E-state index contributed by atoms with van der Waals surface area (Å²) in [5.74, 6) is 0.513. The third-order valence-electron chi connectivity index (χ3n) is 3.20. The number of ether oxygens (including phenoxy) is 1. The van der Waals surface area contributed by atoms with Crippen LogP contribution in [0.25, 0.3) is 0 Å². The maximum atomic E-state index is 10.1. The summed E-state index contributed by atoms with van der Waals surface area (Å²) in [6.45, 7) is 3.41. The lowest BCUT2D eigenvalue weighted by molar-refractivity contribution is 0.174. The van der Waals surface area contributed by atoms with Crippen molar-refractivity contribution in [1.82, 2.24) is 5.32 Å². The molecule has 2 aromatic rings. The van der Waals surface area contributed by atoms with Crippen molar-refractivity contribution in [2.75, 3.05) is 13.2 Å². The number of nitrogens with one attached hydrogen (secondary N) is 1. The van der Waals surface area contributed by atoms with E-state index in [1.54, 1.807) is 0 Å². The van der Waals surface area contributed by atoms with Gasteiger partial charge in [0.1, 0.15) is 0 Å². The highest BCUT2D eigenvalue weighted by atomic mass is 35.5. The van der Waals surface area contributed by atoms with Gasteiger partial charge in [0.15, 0.2) is 5.75 Å². The molecule has 2 rings (SSSR count). The Balaban J connectivity index is 1.92. The fraction of sp³-hybridized carbons (Fsp3) is 0.294. The van der Waals surface area contributed by atoms with Crippen molar-refractivity contribution in [3.63, 3.8) is 0 Å². The van der Waals surface area contributed by atoms with Crippen LogP contribution in [0.4, 0.5) is 0 Å². The smallest absolute Gasteiger partial charge is 0.156 e. The van der Waals surface area contributed by atoms with Gasteiger partial charge in [0, 0.05) is 13.1 Å². The van der Waals surface area contributed by atoms with Gasteiger partial charge in [0.25, 0.3) is 0 Å². The molecule has 0 amide bonds. The third-order valence-corrected chi connectivity index (χ3v) is 3.76. The zero-order chi connectivity index (χ0) is 15.9. The summed E-state index contributed by atoms with van der Waals surface area (Å²) in [5.41, 5.74) is 1.83. The molecule has 0 aliphatic carbocycles. The molecule has 2 aromatic carbocycles. The van der Waals surface area contributed by atoms with Gasteiger partial charge in [0.05, 0.1) is 22.8 Å². The Morgan fingerprint density at radius 3 is 2.36 bits per heavy atom. The van der Waals surface area contributed by atoms with Crippen molar-refractivity contribution in [3.8, 4) is 5.75 Å². The zero-order valence-corrected chi connectivity index (χ0v) is 13.9. The first kappa shape index (κ1) is 17.1. The normalized spacial score (nSPS) is 12.2. The van der Waals surface area contributed by atoms with Crippen molar-refractivity contribution >= 4 is 23.2 Å². The Morgan fingerprint density at radius 2 is 1.77 bits per heavy atom. The van der Waals surface area contributed by atoms with Gasteiger partial charge in [-0.15, -0.1) is 0 Å². The molecule has 118 valence electrons. The highest BCUT2D eigenvalue weighted by molar-refractivity contribution is 6.37. The van der Waals surface area contributed by atoms with Crippen LogP contribution in [-0.4, -0.2) is 18.3 Å². The van der Waals surface area contributed by atoms with Crippen molar-refractivity contribution in [1.29, 1.82) is 0 Å². The fourth-order valence-corrected chi connectivity index (χ4v) is 2.78. The molecule has 3 nitrogen and oxygen atoms in total. The van der Waals surface area contributed by atoms with E-state index in [1.165, 1.54) is 0 Å². The second kappa shape index (κ2) is 8.39. The number of aliphatic hydroxyl groups is 1. The quantitative estimate of drug-likeness (QED) is 0.793. The van der Waals surface area contributed by atoms with E-state index >= 15 is 0 Å². The van der Waals surface area contributed by atoms with Crippen LogP contribution in [0.15, 0.2) is 42.5 Å². The van der Waals surface area contributed by atoms with Crippen molar-refractivity contribution in [2.45, 2.75) is 19.6 Å². The molecule has 22 heavy (non-hydrogen) atoms. The first-order valence-electron chi connectivity index (χ1n) is 7.16. The van der Waals surface area contributed by atoms with Gasteiger partial charge < -0.3 is 15.2 Å². The van der Waals surface area contributed by atoms with Gasteiger partial charge in [0.2, 0.25) is 0 Å². The van der Waals surface area contributed by atoms with Crippen LogP contribution in [0.3, 0.4) is 0 Å². The molecule has 1 unspecified atom stereocenters. The Bertz CT molecular complexity index is 582. The molecule has 0 saturated heterocycles. The summed E-state index contributed by atoms with van der Waals surface area (Å²) in [5, 5.41) is 14.3. The standard InChI is InChI=1S/C17H19Cl2NO2/c1-2-22-17-14(18)8-12(9-15(17)19)10-20-11-16(21)13-6-4-3-5-7-13/h3-9,16,20-21H,2,10-11H2,1H3. The van der Waals surface area contributed by atoms with E-state index in [0.717, 1.165) is 11.1 Å². The highest BCUT2D eigenvalue weighted by Crippen LogP contribution is 2.34. The first-order chi connectivity index (χ1) is 10.6. The maximum Gasteiger partial charge on any atom is 0.156 e. The number of hydrogen-bond acceptors (Lipinski definition) is 3. The Labute approximate surface area is 140 Å². The monoisotopic (exact) mass is 339 g/mol. The number of benzene rings is 2. The molecule has 2 N–H and O–H groups in total. The summed E-state index contributed by atoms with van der Waals surface area (Å²) in [6.07, 6.45) is -0.546. The van der Waals surface area contributed by atoms with Gasteiger partial charge in [-0.05, 0) is 30.2 Å². The molecule has 1 atom stereocenters. The molecule has 0 aliphatic heterocycles. The van der Waals surface area contributed by atoms with Gasteiger partial charge in [-0.2, -0.15) is 0 Å². The van der Waals surface area contributed by atoms with Crippen LogP contribution >= 0.6 is 23.2 Å². The lowest BCUT2D eigenvalue weighted by Gasteiger charge is -2.14. The minimum absolute atomic E-state index is 0.451. The van der Waals surface area contributed by atoms with E-state index in [2.05, 4.69) is 5.32 Å². The molecule has 0 aromatic heterocycles. The van der Waals surface area contributed by atoms with Crippen LogP contribution in [0.1, 0.15) is 24.2 Å². The average Bonchev–Trinajstić information content (AvgIpc) is 2.51. The molecule has 0 heterocycles. The Hall–Kier alpha value is -1.26. The summed E-state index contributed by atoms with van der Waals surface area (Å²) in [6, 6.07) is 13.2. The largest absolute Gasteiger partial charge is 0.491 e. The second-order valence-corrected chi connectivity index (χ2v) is 5.69. The van der Waals surface area contributed by atoms with Gasteiger partial charge in [-0.1, -0.05) is 53.5 Å². The molecule has 0 fully saturated rings. The lowest BCUT2D eigenvalue weighted by Crippen LogP contribution is -2.21. The topological polar surface area (TPSA) is 41.5 Å². The average molecular weight is 340 g/mol. The summed E-state index contributed by atoms with van der Waals surface area (Å²) >= 11 is 12.3. The third kappa shape index (κ3) is 4.62.